The zero-order chi connectivity index (χ0) is 13.6. The van der Waals surface area contributed by atoms with Gasteiger partial charge in [-0.2, -0.15) is 0 Å². The van der Waals surface area contributed by atoms with Crippen molar-refractivity contribution in [3.63, 3.8) is 0 Å². The minimum absolute atomic E-state index is 0.278. The van der Waals surface area contributed by atoms with Crippen molar-refractivity contribution < 1.29 is 9.90 Å². The van der Waals surface area contributed by atoms with Crippen LogP contribution in [0.3, 0.4) is 0 Å². The summed E-state index contributed by atoms with van der Waals surface area (Å²) in [6.45, 7) is 5.83. The molecule has 0 spiro atoms. The number of carbonyl (C=O) groups is 1. The lowest BCUT2D eigenvalue weighted by Crippen LogP contribution is -2.57. The first-order valence-electron chi connectivity index (χ1n) is 7.64. The molecule has 4 fully saturated rings. The summed E-state index contributed by atoms with van der Waals surface area (Å²) >= 11 is 0. The van der Waals surface area contributed by atoms with Crippen molar-refractivity contribution in [2.75, 3.05) is 0 Å². The van der Waals surface area contributed by atoms with Crippen molar-refractivity contribution in [1.29, 1.82) is 0 Å². The molecule has 0 amide bonds. The molecule has 4 aliphatic carbocycles. The largest absolute Gasteiger partial charge is 0.480 e. The molecule has 0 aromatic carbocycles. The van der Waals surface area contributed by atoms with E-state index in [1.54, 1.807) is 0 Å². The van der Waals surface area contributed by atoms with Crippen molar-refractivity contribution in [3.05, 3.63) is 12.7 Å². The zero-order valence-corrected chi connectivity index (χ0v) is 11.8. The van der Waals surface area contributed by atoms with Gasteiger partial charge >= 0.3 is 5.97 Å². The standard InChI is InChI=1S/C16H25NO2/c1-3-14(15(18)19)17-10(2)16-7-11-4-12(8-16)6-13(5-11)9-16/h3,10-14,17H,1,4-9H2,2H3,(H,18,19). The average molecular weight is 263 g/mol. The summed E-state index contributed by atoms with van der Waals surface area (Å²) in [4.78, 5) is 11.2. The molecule has 0 heterocycles. The van der Waals surface area contributed by atoms with E-state index in [-0.39, 0.29) is 6.04 Å². The number of hydrogen-bond acceptors (Lipinski definition) is 2. The van der Waals surface area contributed by atoms with Gasteiger partial charge in [0.1, 0.15) is 6.04 Å². The number of carboxylic acid groups (broad SMARTS) is 1. The molecular formula is C16H25NO2. The summed E-state index contributed by atoms with van der Waals surface area (Å²) in [5.41, 5.74) is 0.353. The number of carboxylic acids is 1. The van der Waals surface area contributed by atoms with E-state index in [4.69, 9.17) is 0 Å². The van der Waals surface area contributed by atoms with Crippen LogP contribution < -0.4 is 5.32 Å². The highest BCUT2D eigenvalue weighted by molar-refractivity contribution is 5.75. The molecule has 4 aliphatic rings. The van der Waals surface area contributed by atoms with E-state index in [9.17, 15) is 9.90 Å². The molecule has 0 radical (unpaired) electrons. The predicted octanol–water partition coefficient (Wildman–Crippen LogP) is 2.82. The first kappa shape index (κ1) is 13.2. The van der Waals surface area contributed by atoms with Crippen LogP contribution in [-0.2, 0) is 4.79 Å². The van der Waals surface area contributed by atoms with Gasteiger partial charge in [-0.25, -0.2) is 0 Å². The third-order valence-electron chi connectivity index (χ3n) is 5.94. The van der Waals surface area contributed by atoms with Gasteiger partial charge in [0.2, 0.25) is 0 Å². The predicted molar refractivity (Wildman–Crippen MR) is 74.8 cm³/mol. The molecule has 4 bridgehead atoms. The Kier molecular flexibility index (Phi) is 3.20. The van der Waals surface area contributed by atoms with Crippen LogP contribution in [0, 0.1) is 23.2 Å². The maximum atomic E-state index is 11.2. The first-order valence-corrected chi connectivity index (χ1v) is 7.64. The lowest BCUT2D eigenvalue weighted by molar-refractivity contribution is -0.139. The smallest absolute Gasteiger partial charge is 0.324 e. The molecule has 2 N–H and O–H groups in total. The molecule has 4 saturated carbocycles. The summed E-state index contributed by atoms with van der Waals surface area (Å²) in [6.07, 6.45) is 9.70. The zero-order valence-electron chi connectivity index (χ0n) is 11.8. The van der Waals surface area contributed by atoms with Crippen LogP contribution in [0.1, 0.15) is 45.4 Å². The van der Waals surface area contributed by atoms with Gasteiger partial charge in [0, 0.05) is 6.04 Å². The molecule has 0 aromatic heterocycles. The molecule has 106 valence electrons. The minimum atomic E-state index is -0.813. The highest BCUT2D eigenvalue weighted by Gasteiger charge is 2.53. The molecule has 2 unspecified atom stereocenters. The third-order valence-corrected chi connectivity index (χ3v) is 5.94. The van der Waals surface area contributed by atoms with E-state index in [1.165, 1.54) is 44.6 Å². The van der Waals surface area contributed by atoms with Gasteiger partial charge in [-0.3, -0.25) is 10.1 Å². The highest BCUT2D eigenvalue weighted by atomic mass is 16.4. The van der Waals surface area contributed by atoms with Gasteiger partial charge in [0.15, 0.2) is 0 Å². The van der Waals surface area contributed by atoms with Crippen LogP contribution in [-0.4, -0.2) is 23.2 Å². The Labute approximate surface area is 115 Å². The van der Waals surface area contributed by atoms with E-state index < -0.39 is 12.0 Å². The quantitative estimate of drug-likeness (QED) is 0.750. The van der Waals surface area contributed by atoms with Gasteiger partial charge in [-0.15, -0.1) is 6.58 Å². The van der Waals surface area contributed by atoms with Crippen molar-refractivity contribution in [2.45, 2.75) is 57.5 Å². The first-order chi connectivity index (χ1) is 9.02. The number of aliphatic carboxylic acids is 1. The summed E-state index contributed by atoms with van der Waals surface area (Å²) in [6, 6.07) is -0.331. The van der Waals surface area contributed by atoms with E-state index in [0.29, 0.717) is 5.41 Å². The topological polar surface area (TPSA) is 49.3 Å². The monoisotopic (exact) mass is 263 g/mol. The molecule has 0 aliphatic heterocycles. The second kappa shape index (κ2) is 4.62. The van der Waals surface area contributed by atoms with Crippen molar-refractivity contribution in [2.24, 2.45) is 23.2 Å². The van der Waals surface area contributed by atoms with E-state index in [2.05, 4.69) is 18.8 Å². The lowest BCUT2D eigenvalue weighted by atomic mass is 9.48. The van der Waals surface area contributed by atoms with Crippen molar-refractivity contribution in [3.8, 4) is 0 Å². The average Bonchev–Trinajstić information content (AvgIpc) is 2.33. The fourth-order valence-corrected chi connectivity index (χ4v) is 5.39. The van der Waals surface area contributed by atoms with Gasteiger partial charge in [0.05, 0.1) is 0 Å². The number of hydrogen-bond donors (Lipinski definition) is 2. The van der Waals surface area contributed by atoms with Gasteiger partial charge in [-0.05, 0) is 68.6 Å². The minimum Gasteiger partial charge on any atom is -0.480 e. The summed E-state index contributed by atoms with van der Waals surface area (Å²) in [7, 11) is 0. The van der Waals surface area contributed by atoms with Crippen molar-refractivity contribution in [1.82, 2.24) is 5.32 Å². The fourth-order valence-electron chi connectivity index (χ4n) is 5.39. The Hall–Kier alpha value is -0.830. The maximum Gasteiger partial charge on any atom is 0.324 e. The Bertz CT molecular complexity index is 355. The molecule has 4 rings (SSSR count). The second-order valence-electron chi connectivity index (χ2n) is 7.22. The van der Waals surface area contributed by atoms with Crippen LogP contribution in [0.5, 0.6) is 0 Å². The maximum absolute atomic E-state index is 11.2. The van der Waals surface area contributed by atoms with Crippen LogP contribution in [0.25, 0.3) is 0 Å². The Balaban J connectivity index is 1.74. The van der Waals surface area contributed by atoms with Crippen LogP contribution in [0.2, 0.25) is 0 Å². The second-order valence-corrected chi connectivity index (χ2v) is 7.22. The molecule has 3 heteroatoms. The fraction of sp³-hybridized carbons (Fsp3) is 0.812. The van der Waals surface area contributed by atoms with Crippen LogP contribution >= 0.6 is 0 Å². The number of rotatable bonds is 5. The lowest BCUT2D eigenvalue weighted by Gasteiger charge is -2.59. The van der Waals surface area contributed by atoms with Gasteiger partial charge < -0.3 is 5.11 Å². The van der Waals surface area contributed by atoms with Crippen LogP contribution in [0.15, 0.2) is 12.7 Å². The third kappa shape index (κ3) is 2.22. The number of nitrogens with one attached hydrogen (secondary N) is 1. The summed E-state index contributed by atoms with van der Waals surface area (Å²) in [5.74, 6) is 1.90. The van der Waals surface area contributed by atoms with Crippen molar-refractivity contribution >= 4 is 5.97 Å². The molecule has 0 saturated heterocycles. The SMILES string of the molecule is C=CC(NC(C)C12CC3CC(CC(C3)C1)C2)C(=O)O. The van der Waals surface area contributed by atoms with E-state index in [0.717, 1.165) is 17.8 Å². The van der Waals surface area contributed by atoms with E-state index >= 15 is 0 Å². The Morgan fingerprint density at radius 2 is 1.74 bits per heavy atom. The Morgan fingerprint density at radius 1 is 1.26 bits per heavy atom. The molecule has 3 nitrogen and oxygen atoms in total. The van der Waals surface area contributed by atoms with E-state index in [1.807, 2.05) is 0 Å². The molecule has 2 atom stereocenters. The summed E-state index contributed by atoms with van der Waals surface area (Å²) in [5, 5.41) is 12.5. The van der Waals surface area contributed by atoms with Crippen LogP contribution in [0.4, 0.5) is 0 Å². The molecule has 0 aromatic rings. The normalized spacial score (nSPS) is 42.9. The van der Waals surface area contributed by atoms with Gasteiger partial charge in [-0.1, -0.05) is 6.08 Å². The Morgan fingerprint density at radius 3 is 2.11 bits per heavy atom. The summed E-state index contributed by atoms with van der Waals surface area (Å²) < 4.78 is 0. The molecular weight excluding hydrogens is 238 g/mol. The highest BCUT2D eigenvalue weighted by Crippen LogP contribution is 2.61. The van der Waals surface area contributed by atoms with Gasteiger partial charge in [0.25, 0.3) is 0 Å². The molecule has 19 heavy (non-hydrogen) atoms.